The van der Waals surface area contributed by atoms with Gasteiger partial charge in [0.25, 0.3) is 11.8 Å². The maximum absolute atomic E-state index is 12.7. The first kappa shape index (κ1) is 25.6. The van der Waals surface area contributed by atoms with E-state index in [0.717, 1.165) is 0 Å². The molecule has 1 aliphatic rings. The molecule has 1 heterocycles. The maximum atomic E-state index is 12.7. The molecular weight excluding hydrogens is 388 g/mol. The Hall–Kier alpha value is -2.42. The molecule has 0 aromatic rings. The van der Waals surface area contributed by atoms with Gasteiger partial charge < -0.3 is 15.8 Å². The van der Waals surface area contributed by atoms with Gasteiger partial charge in [-0.05, 0) is 38.5 Å². The standard InChI is InChI=1S/C21H36N4O5/c1-7-9-13(4)14(5)21(29)30-17(12(2)3)19(27)23-15(6)20(28)25-11-8-10-16(24-25)18(22)26/h7,9,12-17,24H,8,10-11H2,1-6H3,(H2,22,26)(H,23,27)/b9-7+. The van der Waals surface area contributed by atoms with Gasteiger partial charge in [-0.2, -0.15) is 0 Å². The van der Waals surface area contributed by atoms with Crippen LogP contribution in [0.4, 0.5) is 0 Å². The Morgan fingerprint density at radius 3 is 2.33 bits per heavy atom. The number of hydrogen-bond donors (Lipinski definition) is 3. The molecular formula is C21H36N4O5. The Morgan fingerprint density at radius 2 is 1.80 bits per heavy atom. The van der Waals surface area contributed by atoms with Crippen molar-refractivity contribution in [2.75, 3.05) is 6.54 Å². The highest BCUT2D eigenvalue weighted by Crippen LogP contribution is 2.18. The lowest BCUT2D eigenvalue weighted by Gasteiger charge is -2.34. The second-order valence-corrected chi connectivity index (χ2v) is 8.22. The maximum Gasteiger partial charge on any atom is 0.310 e. The quantitative estimate of drug-likeness (QED) is 0.372. The minimum atomic E-state index is -1.01. The van der Waals surface area contributed by atoms with Crippen LogP contribution in [-0.2, 0) is 23.9 Å². The number of hydrazine groups is 1. The Kier molecular flexibility index (Phi) is 9.98. The van der Waals surface area contributed by atoms with Gasteiger partial charge in [-0.15, -0.1) is 0 Å². The first-order valence-electron chi connectivity index (χ1n) is 10.5. The predicted molar refractivity (Wildman–Crippen MR) is 113 cm³/mol. The second-order valence-electron chi connectivity index (χ2n) is 8.22. The summed E-state index contributed by atoms with van der Waals surface area (Å²) in [5.41, 5.74) is 8.10. The van der Waals surface area contributed by atoms with Crippen LogP contribution in [0.25, 0.3) is 0 Å². The van der Waals surface area contributed by atoms with Crippen molar-refractivity contribution in [3.63, 3.8) is 0 Å². The van der Waals surface area contributed by atoms with Gasteiger partial charge in [0.05, 0.1) is 5.92 Å². The van der Waals surface area contributed by atoms with E-state index < -0.39 is 47.8 Å². The zero-order chi connectivity index (χ0) is 23.0. The van der Waals surface area contributed by atoms with Crippen molar-refractivity contribution in [1.29, 1.82) is 0 Å². The molecule has 30 heavy (non-hydrogen) atoms. The number of rotatable bonds is 9. The fourth-order valence-corrected chi connectivity index (χ4v) is 3.15. The third kappa shape index (κ3) is 7.12. The van der Waals surface area contributed by atoms with Crippen LogP contribution in [0.5, 0.6) is 0 Å². The molecule has 1 aliphatic heterocycles. The monoisotopic (exact) mass is 424 g/mol. The minimum Gasteiger partial charge on any atom is -0.452 e. The number of carbonyl (C=O) groups excluding carboxylic acids is 4. The molecule has 1 saturated heterocycles. The lowest BCUT2D eigenvalue weighted by Crippen LogP contribution is -2.60. The molecule has 0 radical (unpaired) electrons. The highest BCUT2D eigenvalue weighted by atomic mass is 16.5. The average Bonchev–Trinajstić information content (AvgIpc) is 2.70. The van der Waals surface area contributed by atoms with Crippen LogP contribution in [0.1, 0.15) is 54.4 Å². The molecule has 9 heteroatoms. The summed E-state index contributed by atoms with van der Waals surface area (Å²) in [5.74, 6) is -2.62. The lowest BCUT2D eigenvalue weighted by molar-refractivity contribution is -0.163. The highest BCUT2D eigenvalue weighted by Gasteiger charge is 2.34. The van der Waals surface area contributed by atoms with Gasteiger partial charge >= 0.3 is 5.97 Å². The molecule has 5 atom stereocenters. The summed E-state index contributed by atoms with van der Waals surface area (Å²) in [6, 6.07) is -1.48. The number of primary amides is 1. The van der Waals surface area contributed by atoms with E-state index in [4.69, 9.17) is 10.5 Å². The SMILES string of the molecule is C/C=C/C(C)C(C)C(=O)OC(C(=O)NC(C)C(=O)N1CCCC(C(N)=O)N1)C(C)C. The topological polar surface area (TPSA) is 131 Å². The first-order chi connectivity index (χ1) is 14.0. The molecule has 4 N–H and O–H groups in total. The third-order valence-electron chi connectivity index (χ3n) is 5.29. The van der Waals surface area contributed by atoms with Crippen molar-refractivity contribution in [1.82, 2.24) is 15.8 Å². The van der Waals surface area contributed by atoms with Crippen molar-refractivity contribution in [2.24, 2.45) is 23.5 Å². The molecule has 170 valence electrons. The van der Waals surface area contributed by atoms with E-state index in [1.165, 1.54) is 5.01 Å². The summed E-state index contributed by atoms with van der Waals surface area (Å²) in [7, 11) is 0. The summed E-state index contributed by atoms with van der Waals surface area (Å²) in [6.07, 6.45) is 3.94. The van der Waals surface area contributed by atoms with Gasteiger partial charge in [0.15, 0.2) is 6.10 Å². The molecule has 0 saturated carbocycles. The van der Waals surface area contributed by atoms with E-state index in [1.54, 1.807) is 27.7 Å². The van der Waals surface area contributed by atoms with Crippen molar-refractivity contribution >= 4 is 23.7 Å². The van der Waals surface area contributed by atoms with Gasteiger partial charge in [-0.3, -0.25) is 24.2 Å². The summed E-state index contributed by atoms with van der Waals surface area (Å²) in [4.78, 5) is 49.3. The second kappa shape index (κ2) is 11.7. The fraction of sp³-hybridized carbons (Fsp3) is 0.714. The van der Waals surface area contributed by atoms with Crippen molar-refractivity contribution in [3.8, 4) is 0 Å². The number of ether oxygens (including phenoxy) is 1. The first-order valence-corrected chi connectivity index (χ1v) is 10.5. The van der Waals surface area contributed by atoms with Gasteiger partial charge in [0.2, 0.25) is 5.91 Å². The Bertz CT molecular complexity index is 664. The number of nitrogens with zero attached hydrogens (tertiary/aromatic N) is 1. The number of amides is 3. The molecule has 0 bridgehead atoms. The van der Waals surface area contributed by atoms with Crippen LogP contribution < -0.4 is 16.5 Å². The number of allylic oxidation sites excluding steroid dienone is 2. The fourth-order valence-electron chi connectivity index (χ4n) is 3.15. The molecule has 5 unspecified atom stereocenters. The molecule has 1 rings (SSSR count). The number of nitrogens with one attached hydrogen (secondary N) is 2. The van der Waals surface area contributed by atoms with Gasteiger partial charge in [0.1, 0.15) is 12.1 Å². The summed E-state index contributed by atoms with van der Waals surface area (Å²) in [5, 5.41) is 3.93. The molecule has 9 nitrogen and oxygen atoms in total. The number of esters is 1. The van der Waals surface area contributed by atoms with E-state index in [-0.39, 0.29) is 11.8 Å². The Labute approximate surface area is 178 Å². The zero-order valence-electron chi connectivity index (χ0n) is 18.8. The van der Waals surface area contributed by atoms with Crippen LogP contribution >= 0.6 is 0 Å². The molecule has 1 fully saturated rings. The normalized spacial score (nSPS) is 21.0. The van der Waals surface area contributed by atoms with E-state index in [9.17, 15) is 19.2 Å². The number of carbonyl (C=O) groups is 4. The summed E-state index contributed by atoms with van der Waals surface area (Å²) in [6.45, 7) is 11.0. The van der Waals surface area contributed by atoms with Crippen LogP contribution in [0.2, 0.25) is 0 Å². The van der Waals surface area contributed by atoms with Crippen molar-refractivity contribution < 1.29 is 23.9 Å². The van der Waals surface area contributed by atoms with E-state index >= 15 is 0 Å². The Balaban J connectivity index is 2.74. The highest BCUT2D eigenvalue weighted by molar-refractivity contribution is 5.90. The van der Waals surface area contributed by atoms with Crippen LogP contribution in [0.3, 0.4) is 0 Å². The van der Waals surface area contributed by atoms with Crippen LogP contribution in [-0.4, -0.2) is 53.4 Å². The van der Waals surface area contributed by atoms with E-state index in [1.807, 2.05) is 26.0 Å². The largest absolute Gasteiger partial charge is 0.452 e. The van der Waals surface area contributed by atoms with Gasteiger partial charge in [0, 0.05) is 6.54 Å². The zero-order valence-corrected chi connectivity index (χ0v) is 18.8. The number of nitrogens with two attached hydrogens (primary N) is 1. The number of hydrogen-bond acceptors (Lipinski definition) is 6. The molecule has 0 aliphatic carbocycles. The predicted octanol–water partition coefficient (Wildman–Crippen LogP) is 0.888. The average molecular weight is 425 g/mol. The van der Waals surface area contributed by atoms with Crippen molar-refractivity contribution in [2.45, 2.75) is 72.6 Å². The summed E-state index contributed by atoms with van der Waals surface area (Å²) >= 11 is 0. The van der Waals surface area contributed by atoms with E-state index in [0.29, 0.717) is 19.4 Å². The van der Waals surface area contributed by atoms with Crippen LogP contribution in [0.15, 0.2) is 12.2 Å². The Morgan fingerprint density at radius 1 is 1.17 bits per heavy atom. The molecule has 0 spiro atoms. The smallest absolute Gasteiger partial charge is 0.310 e. The van der Waals surface area contributed by atoms with Crippen molar-refractivity contribution in [3.05, 3.63) is 12.2 Å². The van der Waals surface area contributed by atoms with E-state index in [2.05, 4.69) is 10.7 Å². The van der Waals surface area contributed by atoms with Gasteiger partial charge in [-0.1, -0.05) is 39.8 Å². The lowest BCUT2D eigenvalue weighted by atomic mass is 9.95. The molecule has 3 amide bonds. The van der Waals surface area contributed by atoms with Crippen LogP contribution in [0, 0.1) is 17.8 Å². The van der Waals surface area contributed by atoms with Gasteiger partial charge in [-0.25, -0.2) is 5.43 Å². The molecule has 0 aromatic heterocycles. The third-order valence-corrected chi connectivity index (χ3v) is 5.29. The molecule has 0 aromatic carbocycles. The minimum absolute atomic E-state index is 0.0257. The summed E-state index contributed by atoms with van der Waals surface area (Å²) < 4.78 is 5.49.